The van der Waals surface area contributed by atoms with Gasteiger partial charge in [0.05, 0.1) is 6.10 Å². The average molecular weight is 251 g/mol. The van der Waals surface area contributed by atoms with Gasteiger partial charge in [-0.05, 0) is 30.0 Å². The Balaban J connectivity index is 1.63. The molecule has 0 radical (unpaired) electrons. The molecule has 1 aromatic rings. The summed E-state index contributed by atoms with van der Waals surface area (Å²) < 4.78 is 12.7. The number of aliphatic hydroxyl groups excluding tert-OH is 1. The number of nitrogens with one attached hydrogen (secondary N) is 1. The van der Waals surface area contributed by atoms with Crippen LogP contribution in [0, 0.1) is 11.7 Å². The third-order valence-corrected chi connectivity index (χ3v) is 3.70. The summed E-state index contributed by atoms with van der Waals surface area (Å²) in [6.45, 7) is 1.30. The zero-order valence-electron chi connectivity index (χ0n) is 10.7. The highest BCUT2D eigenvalue weighted by molar-refractivity contribution is 5.15. The predicted octanol–water partition coefficient (Wildman–Crippen LogP) is 2.86. The van der Waals surface area contributed by atoms with Crippen LogP contribution < -0.4 is 5.32 Å². The molecule has 0 spiro atoms. The van der Waals surface area contributed by atoms with Crippen molar-refractivity contribution in [2.75, 3.05) is 6.54 Å². The smallest absolute Gasteiger partial charge is 0.123 e. The van der Waals surface area contributed by atoms with E-state index in [4.69, 9.17) is 0 Å². The first-order chi connectivity index (χ1) is 8.74. The van der Waals surface area contributed by atoms with Crippen molar-refractivity contribution in [1.29, 1.82) is 0 Å². The summed E-state index contributed by atoms with van der Waals surface area (Å²) in [5.41, 5.74) is 1.05. The molecule has 18 heavy (non-hydrogen) atoms. The molecule has 0 heterocycles. The third-order valence-electron chi connectivity index (χ3n) is 3.70. The maximum absolute atomic E-state index is 12.7. The van der Waals surface area contributed by atoms with Gasteiger partial charge in [-0.3, -0.25) is 0 Å². The first-order valence-electron chi connectivity index (χ1n) is 6.87. The van der Waals surface area contributed by atoms with Crippen LogP contribution in [0.2, 0.25) is 0 Å². The molecule has 2 rings (SSSR count). The fourth-order valence-electron chi connectivity index (χ4n) is 2.70. The monoisotopic (exact) mass is 251 g/mol. The number of aliphatic hydroxyl groups is 1. The van der Waals surface area contributed by atoms with Crippen LogP contribution in [0.15, 0.2) is 24.3 Å². The molecule has 1 aliphatic carbocycles. The molecule has 0 aromatic heterocycles. The first kappa shape index (κ1) is 13.5. The molecular formula is C15H22FNO. The minimum absolute atomic E-state index is 0.208. The van der Waals surface area contributed by atoms with Gasteiger partial charge >= 0.3 is 0 Å². The van der Waals surface area contributed by atoms with E-state index in [1.165, 1.54) is 37.8 Å². The van der Waals surface area contributed by atoms with Crippen LogP contribution >= 0.6 is 0 Å². The fourth-order valence-corrected chi connectivity index (χ4v) is 2.70. The highest BCUT2D eigenvalue weighted by Gasteiger charge is 2.18. The van der Waals surface area contributed by atoms with Gasteiger partial charge in [-0.2, -0.15) is 0 Å². The first-order valence-corrected chi connectivity index (χ1v) is 6.87. The van der Waals surface area contributed by atoms with Gasteiger partial charge in [-0.25, -0.2) is 4.39 Å². The SMILES string of the molecule is OC(CNCc1ccc(F)cc1)CC1CCCC1. The summed E-state index contributed by atoms with van der Waals surface area (Å²) in [4.78, 5) is 0. The maximum atomic E-state index is 12.7. The number of halogens is 1. The van der Waals surface area contributed by atoms with E-state index in [0.717, 1.165) is 12.0 Å². The Labute approximate surface area is 108 Å². The Morgan fingerprint density at radius 3 is 2.56 bits per heavy atom. The maximum Gasteiger partial charge on any atom is 0.123 e. The van der Waals surface area contributed by atoms with E-state index in [9.17, 15) is 9.50 Å². The van der Waals surface area contributed by atoms with Crippen molar-refractivity contribution in [3.05, 3.63) is 35.6 Å². The number of rotatable bonds is 6. The lowest BCUT2D eigenvalue weighted by atomic mass is 10.00. The van der Waals surface area contributed by atoms with E-state index < -0.39 is 0 Å². The van der Waals surface area contributed by atoms with Crippen molar-refractivity contribution < 1.29 is 9.50 Å². The van der Waals surface area contributed by atoms with Crippen LogP contribution in [0.4, 0.5) is 4.39 Å². The summed E-state index contributed by atoms with van der Waals surface area (Å²) in [5, 5.41) is 13.1. The average Bonchev–Trinajstić information content (AvgIpc) is 2.84. The number of benzene rings is 1. The molecule has 3 heteroatoms. The lowest BCUT2D eigenvalue weighted by Crippen LogP contribution is -2.27. The van der Waals surface area contributed by atoms with Crippen molar-refractivity contribution in [3.63, 3.8) is 0 Å². The van der Waals surface area contributed by atoms with Crippen LogP contribution in [-0.4, -0.2) is 17.8 Å². The van der Waals surface area contributed by atoms with Crippen molar-refractivity contribution in [1.82, 2.24) is 5.32 Å². The van der Waals surface area contributed by atoms with E-state index >= 15 is 0 Å². The lowest BCUT2D eigenvalue weighted by Gasteiger charge is -2.16. The van der Waals surface area contributed by atoms with E-state index in [0.29, 0.717) is 19.0 Å². The molecule has 1 unspecified atom stereocenters. The van der Waals surface area contributed by atoms with Crippen LogP contribution in [0.5, 0.6) is 0 Å². The molecule has 0 saturated heterocycles. The molecule has 1 aromatic carbocycles. The molecule has 1 aliphatic rings. The minimum Gasteiger partial charge on any atom is -0.392 e. The largest absolute Gasteiger partial charge is 0.392 e. The van der Waals surface area contributed by atoms with Gasteiger partial charge in [0, 0.05) is 13.1 Å². The summed E-state index contributed by atoms with van der Waals surface area (Å²) in [6, 6.07) is 6.47. The van der Waals surface area contributed by atoms with Gasteiger partial charge < -0.3 is 10.4 Å². The summed E-state index contributed by atoms with van der Waals surface area (Å²) >= 11 is 0. The molecule has 0 bridgehead atoms. The predicted molar refractivity (Wildman–Crippen MR) is 70.7 cm³/mol. The number of hydrogen-bond acceptors (Lipinski definition) is 2. The van der Waals surface area contributed by atoms with Crippen molar-refractivity contribution in [3.8, 4) is 0 Å². The Morgan fingerprint density at radius 1 is 1.22 bits per heavy atom. The lowest BCUT2D eigenvalue weighted by molar-refractivity contribution is 0.140. The molecule has 1 fully saturated rings. The Hall–Kier alpha value is -0.930. The number of hydrogen-bond donors (Lipinski definition) is 2. The van der Waals surface area contributed by atoms with Crippen LogP contribution in [0.3, 0.4) is 0 Å². The second kappa shape index (κ2) is 6.86. The molecule has 100 valence electrons. The van der Waals surface area contributed by atoms with Crippen LogP contribution in [0.1, 0.15) is 37.7 Å². The van der Waals surface area contributed by atoms with Crippen molar-refractivity contribution >= 4 is 0 Å². The van der Waals surface area contributed by atoms with Gasteiger partial charge in [-0.1, -0.05) is 37.8 Å². The molecule has 0 amide bonds. The third kappa shape index (κ3) is 4.39. The Bertz CT molecular complexity index is 346. The standard InChI is InChI=1S/C15H22FNO/c16-14-7-5-13(6-8-14)10-17-11-15(18)9-12-3-1-2-4-12/h5-8,12,15,17-18H,1-4,9-11H2. The highest BCUT2D eigenvalue weighted by Crippen LogP contribution is 2.28. The van der Waals surface area contributed by atoms with Crippen molar-refractivity contribution in [2.45, 2.75) is 44.8 Å². The van der Waals surface area contributed by atoms with E-state index in [1.54, 1.807) is 12.1 Å². The zero-order chi connectivity index (χ0) is 12.8. The second-order valence-corrected chi connectivity index (χ2v) is 5.30. The quantitative estimate of drug-likeness (QED) is 0.815. The van der Waals surface area contributed by atoms with Crippen molar-refractivity contribution in [2.24, 2.45) is 5.92 Å². The van der Waals surface area contributed by atoms with E-state index in [1.807, 2.05) is 0 Å². The van der Waals surface area contributed by atoms with E-state index in [2.05, 4.69) is 5.32 Å². The second-order valence-electron chi connectivity index (χ2n) is 5.30. The molecule has 2 N–H and O–H groups in total. The molecule has 0 aliphatic heterocycles. The molecular weight excluding hydrogens is 229 g/mol. The highest BCUT2D eigenvalue weighted by atomic mass is 19.1. The van der Waals surface area contributed by atoms with Crippen LogP contribution in [0.25, 0.3) is 0 Å². The topological polar surface area (TPSA) is 32.3 Å². The van der Waals surface area contributed by atoms with Gasteiger partial charge in [0.2, 0.25) is 0 Å². The zero-order valence-corrected chi connectivity index (χ0v) is 10.7. The summed E-state index contributed by atoms with van der Waals surface area (Å²) in [5.74, 6) is 0.507. The molecule has 2 nitrogen and oxygen atoms in total. The van der Waals surface area contributed by atoms with Gasteiger partial charge in [0.15, 0.2) is 0 Å². The van der Waals surface area contributed by atoms with E-state index in [-0.39, 0.29) is 11.9 Å². The minimum atomic E-state index is -0.256. The molecule has 1 atom stereocenters. The van der Waals surface area contributed by atoms with Crippen LogP contribution in [-0.2, 0) is 6.54 Å². The van der Waals surface area contributed by atoms with Gasteiger partial charge in [0.1, 0.15) is 5.82 Å². The van der Waals surface area contributed by atoms with Gasteiger partial charge in [0.25, 0.3) is 0 Å². The summed E-state index contributed by atoms with van der Waals surface area (Å²) in [7, 11) is 0. The van der Waals surface area contributed by atoms with Gasteiger partial charge in [-0.15, -0.1) is 0 Å². The Kier molecular flexibility index (Phi) is 5.14. The Morgan fingerprint density at radius 2 is 1.89 bits per heavy atom. The molecule has 1 saturated carbocycles. The fraction of sp³-hybridized carbons (Fsp3) is 0.600. The normalized spacial score (nSPS) is 18.1. The summed E-state index contributed by atoms with van der Waals surface area (Å²) in [6.07, 6.45) is 5.84.